The second-order valence-corrected chi connectivity index (χ2v) is 12.0. The van der Waals surface area contributed by atoms with Gasteiger partial charge in [-0.2, -0.15) is 0 Å². The van der Waals surface area contributed by atoms with Gasteiger partial charge in [-0.25, -0.2) is 9.59 Å². The smallest absolute Gasteiger partial charge is 0.407 e. The maximum atomic E-state index is 12.9. The van der Waals surface area contributed by atoms with E-state index in [2.05, 4.69) is 79.6 Å². The molecule has 0 bridgehead atoms. The fourth-order valence-electron chi connectivity index (χ4n) is 6.22. The highest BCUT2D eigenvalue weighted by Gasteiger charge is 2.30. The molecule has 0 aromatic heterocycles. The molecule has 220 valence electrons. The maximum absolute atomic E-state index is 12.9. The summed E-state index contributed by atoms with van der Waals surface area (Å²) in [5.41, 5.74) is 7.63. The summed E-state index contributed by atoms with van der Waals surface area (Å²) in [6, 6.07) is 31.5. The number of halogens is 1. The predicted molar refractivity (Wildman–Crippen MR) is 171 cm³/mol. The first-order valence-corrected chi connectivity index (χ1v) is 15.4. The number of amides is 1. The molecule has 1 heterocycles. The van der Waals surface area contributed by atoms with Crippen molar-refractivity contribution < 1.29 is 19.4 Å². The Morgan fingerprint density at radius 1 is 0.860 bits per heavy atom. The van der Waals surface area contributed by atoms with E-state index in [1.807, 2.05) is 48.5 Å². The quantitative estimate of drug-likeness (QED) is 0.223. The van der Waals surface area contributed by atoms with Crippen molar-refractivity contribution in [3.05, 3.63) is 124 Å². The minimum absolute atomic E-state index is 0.0985. The van der Waals surface area contributed by atoms with Gasteiger partial charge in [-0.1, -0.05) is 94.8 Å². The zero-order chi connectivity index (χ0) is 29.8. The van der Waals surface area contributed by atoms with E-state index in [-0.39, 0.29) is 18.9 Å². The number of nitrogens with zero attached hydrogens (tertiary/aromatic N) is 2. The number of hydrogen-bond donors (Lipinski definition) is 2. The van der Waals surface area contributed by atoms with Gasteiger partial charge in [0.05, 0.1) is 0 Å². The number of piperazine rings is 1. The topological polar surface area (TPSA) is 82.1 Å². The summed E-state index contributed by atoms with van der Waals surface area (Å²) in [4.78, 5) is 30.0. The van der Waals surface area contributed by atoms with E-state index in [9.17, 15) is 14.7 Å². The molecule has 1 atom stereocenters. The number of carbonyl (C=O) groups is 2. The van der Waals surface area contributed by atoms with E-state index in [1.54, 1.807) is 0 Å². The zero-order valence-electron chi connectivity index (χ0n) is 23.8. The van der Waals surface area contributed by atoms with Crippen LogP contribution in [0, 0.1) is 0 Å². The normalized spacial score (nSPS) is 15.4. The van der Waals surface area contributed by atoms with Gasteiger partial charge in [-0.05, 0) is 51.6 Å². The number of rotatable bonds is 9. The highest BCUT2D eigenvalue weighted by atomic mass is 79.9. The van der Waals surface area contributed by atoms with Gasteiger partial charge in [0.2, 0.25) is 0 Å². The molecule has 4 aromatic carbocycles. The molecule has 1 aliphatic heterocycles. The molecule has 0 spiro atoms. The van der Waals surface area contributed by atoms with Gasteiger partial charge in [-0.3, -0.25) is 4.90 Å². The largest absolute Gasteiger partial charge is 0.480 e. The Morgan fingerprint density at radius 3 is 2.14 bits per heavy atom. The lowest BCUT2D eigenvalue weighted by atomic mass is 9.98. The molecule has 1 saturated heterocycles. The van der Waals surface area contributed by atoms with Crippen LogP contribution in [-0.4, -0.2) is 60.9 Å². The third-order valence-corrected chi connectivity index (χ3v) is 8.85. The van der Waals surface area contributed by atoms with Gasteiger partial charge in [0.15, 0.2) is 0 Å². The SMILES string of the molecule is O=C(NC(Cc1cc(Br)ccc1N1CCN(Cc2ccccc2)CC1)C(=O)O)OCC1c2ccccc2-c2ccccc21. The Bertz CT molecular complexity index is 1560. The number of nitrogens with one attached hydrogen (secondary N) is 1. The number of hydrogen-bond acceptors (Lipinski definition) is 5. The first kappa shape index (κ1) is 29.0. The van der Waals surface area contributed by atoms with Crippen molar-refractivity contribution in [1.82, 2.24) is 10.2 Å². The summed E-state index contributed by atoms with van der Waals surface area (Å²) in [6.45, 7) is 4.52. The highest BCUT2D eigenvalue weighted by Crippen LogP contribution is 2.44. The molecule has 0 saturated carbocycles. The molecule has 43 heavy (non-hydrogen) atoms. The molecule has 8 heteroatoms. The van der Waals surface area contributed by atoms with Crippen molar-refractivity contribution in [1.29, 1.82) is 0 Å². The lowest BCUT2D eigenvalue weighted by Gasteiger charge is -2.37. The standard InChI is InChI=1S/C35H34BrN3O4/c36-26-14-15-33(39-18-16-38(17-19-39)22-24-8-2-1-3-9-24)25(20-26)21-32(34(40)41)37-35(42)43-23-31-29-12-6-4-10-27(29)28-11-5-7-13-30(28)31/h1-15,20,31-32H,16-19,21-23H2,(H,37,42)(H,40,41). The molecular weight excluding hydrogens is 606 g/mol. The van der Waals surface area contributed by atoms with Crippen LogP contribution in [0.25, 0.3) is 11.1 Å². The van der Waals surface area contributed by atoms with Crippen LogP contribution in [-0.2, 0) is 22.5 Å². The van der Waals surface area contributed by atoms with Gasteiger partial charge in [0.25, 0.3) is 0 Å². The summed E-state index contributed by atoms with van der Waals surface area (Å²) >= 11 is 3.55. The first-order valence-electron chi connectivity index (χ1n) is 14.6. The van der Waals surface area contributed by atoms with Gasteiger partial charge in [-0.15, -0.1) is 0 Å². The van der Waals surface area contributed by atoms with Crippen molar-refractivity contribution in [3.63, 3.8) is 0 Å². The Labute approximate surface area is 260 Å². The van der Waals surface area contributed by atoms with Crippen LogP contribution in [0.1, 0.15) is 28.2 Å². The molecule has 1 unspecified atom stereocenters. The number of aliphatic carboxylic acids is 1. The second-order valence-electron chi connectivity index (χ2n) is 11.1. The number of alkyl carbamates (subject to hydrolysis) is 1. The average molecular weight is 641 g/mol. The second kappa shape index (κ2) is 13.0. The van der Waals surface area contributed by atoms with Crippen molar-refractivity contribution in [2.45, 2.75) is 24.9 Å². The molecule has 0 radical (unpaired) electrons. The number of anilines is 1. The lowest BCUT2D eigenvalue weighted by Crippen LogP contribution is -2.47. The third kappa shape index (κ3) is 6.60. The van der Waals surface area contributed by atoms with Crippen molar-refractivity contribution in [2.24, 2.45) is 0 Å². The fourth-order valence-corrected chi connectivity index (χ4v) is 6.63. The maximum Gasteiger partial charge on any atom is 0.407 e. The molecule has 1 aliphatic carbocycles. The van der Waals surface area contributed by atoms with Crippen LogP contribution in [0.15, 0.2) is 102 Å². The minimum atomic E-state index is -1.14. The van der Waals surface area contributed by atoms with Gasteiger partial charge < -0.3 is 20.1 Å². The minimum Gasteiger partial charge on any atom is -0.480 e. The summed E-state index contributed by atoms with van der Waals surface area (Å²) in [5, 5.41) is 12.7. The van der Waals surface area contributed by atoms with Gasteiger partial charge >= 0.3 is 12.1 Å². The molecule has 2 aliphatic rings. The summed E-state index contributed by atoms with van der Waals surface area (Å²) in [5.74, 6) is -1.20. The zero-order valence-corrected chi connectivity index (χ0v) is 25.4. The van der Waals surface area contributed by atoms with Crippen LogP contribution >= 0.6 is 15.9 Å². The van der Waals surface area contributed by atoms with Gasteiger partial charge in [0.1, 0.15) is 12.6 Å². The number of fused-ring (bicyclic) bond motifs is 3. The number of carboxylic acids is 1. The first-order chi connectivity index (χ1) is 21.0. The van der Waals surface area contributed by atoms with Gasteiger partial charge in [0, 0.05) is 55.2 Å². The number of ether oxygens (including phenoxy) is 1. The predicted octanol–water partition coefficient (Wildman–Crippen LogP) is 6.31. The number of benzene rings is 4. The molecule has 7 nitrogen and oxygen atoms in total. The highest BCUT2D eigenvalue weighted by molar-refractivity contribution is 9.10. The third-order valence-electron chi connectivity index (χ3n) is 8.36. The van der Waals surface area contributed by atoms with Crippen molar-refractivity contribution in [3.8, 4) is 11.1 Å². The van der Waals surface area contributed by atoms with Crippen molar-refractivity contribution >= 4 is 33.7 Å². The molecule has 6 rings (SSSR count). The molecule has 2 N–H and O–H groups in total. The van der Waals surface area contributed by atoms with E-state index in [0.717, 1.165) is 70.7 Å². The Morgan fingerprint density at radius 2 is 1.49 bits per heavy atom. The Balaban J connectivity index is 1.10. The van der Waals surface area contributed by atoms with Crippen molar-refractivity contribution in [2.75, 3.05) is 37.7 Å². The van der Waals surface area contributed by atoms with E-state index in [4.69, 9.17) is 4.74 Å². The summed E-state index contributed by atoms with van der Waals surface area (Å²) in [7, 11) is 0. The number of carbonyl (C=O) groups excluding carboxylic acids is 1. The monoisotopic (exact) mass is 639 g/mol. The number of carboxylic acid groups (broad SMARTS) is 1. The lowest BCUT2D eigenvalue weighted by molar-refractivity contribution is -0.139. The molecular formula is C35H34BrN3O4. The van der Waals surface area contributed by atoms with E-state index >= 15 is 0 Å². The average Bonchev–Trinajstić information content (AvgIpc) is 3.34. The molecule has 1 fully saturated rings. The van der Waals surface area contributed by atoms with E-state index in [1.165, 1.54) is 5.56 Å². The fraction of sp³-hybridized carbons (Fsp3) is 0.257. The van der Waals surface area contributed by atoms with E-state index < -0.39 is 18.1 Å². The summed E-state index contributed by atoms with van der Waals surface area (Å²) in [6.07, 6.45) is -0.598. The van der Waals surface area contributed by atoms with Crippen LogP contribution in [0.3, 0.4) is 0 Å². The van der Waals surface area contributed by atoms with Crippen LogP contribution < -0.4 is 10.2 Å². The molecule has 4 aromatic rings. The van der Waals surface area contributed by atoms with Crippen LogP contribution in [0.4, 0.5) is 10.5 Å². The van der Waals surface area contributed by atoms with Crippen LogP contribution in [0.2, 0.25) is 0 Å². The van der Waals surface area contributed by atoms with Crippen LogP contribution in [0.5, 0.6) is 0 Å². The molecule has 1 amide bonds. The summed E-state index contributed by atoms with van der Waals surface area (Å²) < 4.78 is 6.51. The Kier molecular flexibility index (Phi) is 8.77. The Hall–Kier alpha value is -4.14. The van der Waals surface area contributed by atoms with E-state index in [0.29, 0.717) is 0 Å².